The van der Waals surface area contributed by atoms with E-state index in [1.54, 1.807) is 0 Å². The fraction of sp³-hybridized carbons (Fsp3) is 0.357. The number of rotatable bonds is 7. The average molecular weight is 477 g/mol. The van der Waals surface area contributed by atoms with E-state index in [1.807, 2.05) is 25.3 Å². The van der Waals surface area contributed by atoms with E-state index in [0.29, 0.717) is 29.0 Å². The summed E-state index contributed by atoms with van der Waals surface area (Å²) in [6, 6.07) is 18.3. The standard InChI is InChI=1S/C28H30F2N4O/c1-2-35-32-27(22-9-10-24(29)25(30)16-22)26-11-8-21(17-31-26)18-33-14-12-28(19-33)13-15-34(20-28)23-6-4-3-5-7-23/h3-11,16-17H,2,12-15,18-20H2,1H3/b32-27+. The fourth-order valence-electron chi connectivity index (χ4n) is 5.23. The van der Waals surface area contributed by atoms with E-state index >= 15 is 0 Å². The number of aromatic nitrogens is 1. The van der Waals surface area contributed by atoms with Crippen LogP contribution in [0.25, 0.3) is 0 Å². The van der Waals surface area contributed by atoms with Crippen molar-refractivity contribution in [1.29, 1.82) is 0 Å². The van der Waals surface area contributed by atoms with Crippen molar-refractivity contribution < 1.29 is 13.6 Å². The molecule has 5 nitrogen and oxygen atoms in total. The normalized spacial score (nSPS) is 20.7. The van der Waals surface area contributed by atoms with Gasteiger partial charge in [-0.25, -0.2) is 8.78 Å². The van der Waals surface area contributed by atoms with Crippen molar-refractivity contribution in [2.45, 2.75) is 26.3 Å². The van der Waals surface area contributed by atoms with Crippen molar-refractivity contribution in [3.8, 4) is 0 Å². The van der Waals surface area contributed by atoms with E-state index in [-0.39, 0.29) is 0 Å². The van der Waals surface area contributed by atoms with E-state index in [4.69, 9.17) is 4.84 Å². The number of anilines is 1. The van der Waals surface area contributed by atoms with Gasteiger partial charge in [0.05, 0.1) is 5.69 Å². The first kappa shape index (κ1) is 23.4. The van der Waals surface area contributed by atoms with Crippen LogP contribution >= 0.6 is 0 Å². The van der Waals surface area contributed by atoms with Crippen molar-refractivity contribution in [2.75, 3.05) is 37.7 Å². The highest BCUT2D eigenvalue weighted by atomic mass is 19.2. The highest BCUT2D eigenvalue weighted by molar-refractivity contribution is 6.11. The molecule has 0 bridgehead atoms. The van der Waals surface area contributed by atoms with Gasteiger partial charge in [-0.3, -0.25) is 9.88 Å². The number of oxime groups is 1. The minimum Gasteiger partial charge on any atom is -0.396 e. The first-order chi connectivity index (χ1) is 17.0. The monoisotopic (exact) mass is 476 g/mol. The maximum absolute atomic E-state index is 13.8. The molecule has 2 fully saturated rings. The molecule has 1 unspecified atom stereocenters. The molecule has 3 aromatic rings. The van der Waals surface area contributed by atoms with Crippen LogP contribution in [0.15, 0.2) is 72.0 Å². The highest BCUT2D eigenvalue weighted by Gasteiger charge is 2.43. The molecule has 2 aliphatic heterocycles. The second-order valence-electron chi connectivity index (χ2n) is 9.51. The number of nitrogens with zero attached hydrogens (tertiary/aromatic N) is 4. The minimum absolute atomic E-state index is 0.354. The summed E-state index contributed by atoms with van der Waals surface area (Å²) in [5.74, 6) is -1.82. The Morgan fingerprint density at radius 2 is 1.83 bits per heavy atom. The quantitative estimate of drug-likeness (QED) is 0.345. The van der Waals surface area contributed by atoms with E-state index in [2.05, 4.69) is 50.3 Å². The van der Waals surface area contributed by atoms with Crippen molar-refractivity contribution >= 4 is 11.4 Å². The zero-order valence-electron chi connectivity index (χ0n) is 20.0. The lowest BCUT2D eigenvalue weighted by atomic mass is 9.86. The van der Waals surface area contributed by atoms with E-state index in [0.717, 1.165) is 50.4 Å². The Bertz CT molecular complexity index is 1190. The zero-order chi connectivity index (χ0) is 24.3. The molecule has 2 saturated heterocycles. The van der Waals surface area contributed by atoms with E-state index in [1.165, 1.54) is 24.6 Å². The Hall–Kier alpha value is -3.32. The molecular formula is C28H30F2N4O. The highest BCUT2D eigenvalue weighted by Crippen LogP contribution is 2.41. The number of benzene rings is 2. The van der Waals surface area contributed by atoms with Gasteiger partial charge in [-0.05, 0) is 68.3 Å². The summed E-state index contributed by atoms with van der Waals surface area (Å²) >= 11 is 0. The van der Waals surface area contributed by atoms with Gasteiger partial charge in [-0.1, -0.05) is 29.4 Å². The number of pyridine rings is 1. The molecule has 5 rings (SSSR count). The molecule has 0 aliphatic carbocycles. The minimum atomic E-state index is -0.927. The van der Waals surface area contributed by atoms with Crippen LogP contribution < -0.4 is 4.90 Å². The van der Waals surface area contributed by atoms with Crippen LogP contribution in [0.2, 0.25) is 0 Å². The van der Waals surface area contributed by atoms with Crippen LogP contribution in [0.5, 0.6) is 0 Å². The first-order valence-electron chi connectivity index (χ1n) is 12.2. The summed E-state index contributed by atoms with van der Waals surface area (Å²) < 4.78 is 27.2. The Balaban J connectivity index is 1.25. The van der Waals surface area contributed by atoms with Crippen LogP contribution in [0.3, 0.4) is 0 Å². The third-order valence-electron chi connectivity index (χ3n) is 7.03. The molecule has 7 heteroatoms. The van der Waals surface area contributed by atoms with Crippen LogP contribution in [0, 0.1) is 17.0 Å². The zero-order valence-corrected chi connectivity index (χ0v) is 20.0. The number of para-hydroxylation sites is 1. The number of halogens is 2. The van der Waals surface area contributed by atoms with Crippen molar-refractivity contribution in [3.63, 3.8) is 0 Å². The van der Waals surface area contributed by atoms with Gasteiger partial charge >= 0.3 is 0 Å². The van der Waals surface area contributed by atoms with Crippen LogP contribution in [-0.2, 0) is 11.4 Å². The van der Waals surface area contributed by atoms with Gasteiger partial charge in [-0.15, -0.1) is 0 Å². The molecule has 35 heavy (non-hydrogen) atoms. The summed E-state index contributed by atoms with van der Waals surface area (Å²) in [6.07, 6.45) is 4.27. The predicted molar refractivity (Wildman–Crippen MR) is 133 cm³/mol. The molecule has 3 heterocycles. The van der Waals surface area contributed by atoms with Crippen LogP contribution in [-0.4, -0.2) is 48.4 Å². The van der Waals surface area contributed by atoms with Gasteiger partial charge in [0.1, 0.15) is 12.3 Å². The summed E-state index contributed by atoms with van der Waals surface area (Å²) in [5.41, 5.74) is 4.14. The second-order valence-corrected chi connectivity index (χ2v) is 9.51. The van der Waals surface area contributed by atoms with Gasteiger partial charge < -0.3 is 9.74 Å². The van der Waals surface area contributed by atoms with Crippen molar-refractivity contribution in [1.82, 2.24) is 9.88 Å². The summed E-state index contributed by atoms with van der Waals surface area (Å²) in [6.45, 7) is 7.40. The lowest BCUT2D eigenvalue weighted by molar-refractivity contribution is 0.159. The van der Waals surface area contributed by atoms with Crippen molar-refractivity contribution in [2.24, 2.45) is 10.6 Å². The van der Waals surface area contributed by atoms with Gasteiger partial charge in [0, 0.05) is 49.0 Å². The molecule has 0 amide bonds. The predicted octanol–water partition coefficient (Wildman–Crippen LogP) is 5.25. The Labute approximate surface area is 205 Å². The average Bonchev–Trinajstić information content (AvgIpc) is 3.49. The molecule has 1 spiro atoms. The van der Waals surface area contributed by atoms with Crippen LogP contribution in [0.4, 0.5) is 14.5 Å². The molecule has 0 N–H and O–H groups in total. The Morgan fingerprint density at radius 1 is 1.00 bits per heavy atom. The molecule has 0 saturated carbocycles. The molecule has 0 radical (unpaired) electrons. The Morgan fingerprint density at radius 3 is 2.57 bits per heavy atom. The third kappa shape index (κ3) is 5.20. The largest absolute Gasteiger partial charge is 0.396 e. The smallest absolute Gasteiger partial charge is 0.159 e. The molecule has 2 aromatic carbocycles. The van der Waals surface area contributed by atoms with Gasteiger partial charge in [0.2, 0.25) is 0 Å². The second kappa shape index (κ2) is 10.1. The molecule has 2 aliphatic rings. The van der Waals surface area contributed by atoms with Crippen molar-refractivity contribution in [3.05, 3.63) is 95.3 Å². The maximum atomic E-state index is 13.8. The lowest BCUT2D eigenvalue weighted by Gasteiger charge is -2.25. The number of likely N-dealkylation sites (tertiary alicyclic amines) is 1. The van der Waals surface area contributed by atoms with Gasteiger partial charge in [0.25, 0.3) is 0 Å². The number of hydrogen-bond acceptors (Lipinski definition) is 5. The van der Waals surface area contributed by atoms with Gasteiger partial charge in [-0.2, -0.15) is 0 Å². The molecule has 1 atom stereocenters. The molecule has 182 valence electrons. The van der Waals surface area contributed by atoms with Crippen LogP contribution in [0.1, 0.15) is 36.6 Å². The summed E-state index contributed by atoms with van der Waals surface area (Å²) in [5, 5.41) is 4.12. The fourth-order valence-corrected chi connectivity index (χ4v) is 5.23. The third-order valence-corrected chi connectivity index (χ3v) is 7.03. The molecule has 1 aromatic heterocycles. The van der Waals surface area contributed by atoms with E-state index < -0.39 is 11.6 Å². The summed E-state index contributed by atoms with van der Waals surface area (Å²) in [4.78, 5) is 14.8. The van der Waals surface area contributed by atoms with Gasteiger partial charge in [0.15, 0.2) is 11.6 Å². The molecular weight excluding hydrogens is 446 g/mol. The van der Waals surface area contributed by atoms with E-state index in [9.17, 15) is 8.78 Å². The number of hydrogen-bond donors (Lipinski definition) is 0. The maximum Gasteiger partial charge on any atom is 0.159 e. The lowest BCUT2D eigenvalue weighted by Crippen LogP contribution is -2.30. The summed E-state index contributed by atoms with van der Waals surface area (Å²) in [7, 11) is 0. The SMILES string of the molecule is CCO/N=C(\c1ccc(F)c(F)c1)c1ccc(CN2CCC3(CCN(c4ccccc4)C3)C2)cn1. The topological polar surface area (TPSA) is 41.0 Å². The first-order valence-corrected chi connectivity index (χ1v) is 12.2. The Kier molecular flexibility index (Phi) is 6.77.